The summed E-state index contributed by atoms with van der Waals surface area (Å²) < 4.78 is 5.47. The molecule has 0 radical (unpaired) electrons. The average molecular weight is 401 g/mol. The molecular formula is C23H19N3O4. The van der Waals surface area contributed by atoms with Crippen LogP contribution in [0.4, 0.5) is 5.69 Å². The minimum atomic E-state index is -0.792. The Hall–Kier alpha value is -4.00. The Labute approximate surface area is 173 Å². The molecule has 1 saturated heterocycles. The van der Waals surface area contributed by atoms with Crippen molar-refractivity contribution in [1.82, 2.24) is 9.97 Å². The van der Waals surface area contributed by atoms with Gasteiger partial charge in [-0.15, -0.1) is 0 Å². The summed E-state index contributed by atoms with van der Waals surface area (Å²) in [5.74, 6) is -1.04. The van der Waals surface area contributed by atoms with E-state index < -0.39 is 17.7 Å². The zero-order valence-corrected chi connectivity index (χ0v) is 16.2. The number of carbonyl (C=O) groups excluding carboxylic acids is 2. The molecule has 1 unspecified atom stereocenters. The molecular weight excluding hydrogens is 382 g/mol. The summed E-state index contributed by atoms with van der Waals surface area (Å²) in [6, 6.07) is 12.7. The highest BCUT2D eigenvalue weighted by atomic mass is 16.5. The smallest absolute Gasteiger partial charge is 0.300 e. The maximum atomic E-state index is 13.0. The van der Waals surface area contributed by atoms with E-state index in [0.29, 0.717) is 29.2 Å². The van der Waals surface area contributed by atoms with E-state index in [0.717, 1.165) is 0 Å². The molecule has 0 aliphatic carbocycles. The van der Waals surface area contributed by atoms with Gasteiger partial charge < -0.3 is 9.84 Å². The highest BCUT2D eigenvalue weighted by Gasteiger charge is 2.46. The number of ketones is 1. The molecule has 1 N–H and O–H groups in total. The van der Waals surface area contributed by atoms with Gasteiger partial charge in [0.25, 0.3) is 11.7 Å². The van der Waals surface area contributed by atoms with E-state index in [1.807, 2.05) is 6.92 Å². The van der Waals surface area contributed by atoms with Gasteiger partial charge >= 0.3 is 0 Å². The number of anilines is 1. The molecule has 30 heavy (non-hydrogen) atoms. The van der Waals surface area contributed by atoms with Gasteiger partial charge in [0.2, 0.25) is 0 Å². The zero-order chi connectivity index (χ0) is 21.1. The summed E-state index contributed by atoms with van der Waals surface area (Å²) in [5.41, 5.74) is 1.62. The fourth-order valence-electron chi connectivity index (χ4n) is 3.49. The second-order valence-electron chi connectivity index (χ2n) is 6.61. The largest absolute Gasteiger partial charge is 0.507 e. The van der Waals surface area contributed by atoms with Gasteiger partial charge in [0.15, 0.2) is 0 Å². The van der Waals surface area contributed by atoms with Crippen LogP contribution in [0.3, 0.4) is 0 Å². The molecule has 1 atom stereocenters. The van der Waals surface area contributed by atoms with Gasteiger partial charge in [-0.2, -0.15) is 0 Å². The molecule has 3 heterocycles. The molecule has 7 heteroatoms. The first-order chi connectivity index (χ1) is 14.6. The molecule has 1 aliphatic rings. The number of hydrogen-bond acceptors (Lipinski definition) is 6. The number of hydrogen-bond donors (Lipinski definition) is 1. The minimum absolute atomic E-state index is 0.0197. The van der Waals surface area contributed by atoms with Gasteiger partial charge in [0.05, 0.1) is 18.2 Å². The number of aliphatic hydroxyl groups excluding tert-OH is 1. The quantitative estimate of drug-likeness (QED) is 0.400. The third-order valence-electron chi connectivity index (χ3n) is 4.85. The summed E-state index contributed by atoms with van der Waals surface area (Å²) in [6.45, 7) is 2.40. The molecule has 2 aromatic heterocycles. The third-order valence-corrected chi connectivity index (χ3v) is 4.85. The second kappa shape index (κ2) is 8.16. The van der Waals surface area contributed by atoms with Gasteiger partial charge in [-0.25, -0.2) is 0 Å². The Morgan fingerprint density at radius 2 is 1.57 bits per heavy atom. The van der Waals surface area contributed by atoms with Crippen molar-refractivity contribution in [2.75, 3.05) is 11.5 Å². The van der Waals surface area contributed by atoms with E-state index in [4.69, 9.17) is 4.74 Å². The van der Waals surface area contributed by atoms with E-state index in [1.165, 1.54) is 17.3 Å². The number of ether oxygens (including phenoxy) is 1. The Bertz CT molecular complexity index is 1100. The number of nitrogens with zero attached hydrogens (tertiary/aromatic N) is 3. The zero-order valence-electron chi connectivity index (χ0n) is 16.2. The van der Waals surface area contributed by atoms with E-state index in [-0.39, 0.29) is 11.3 Å². The van der Waals surface area contributed by atoms with Crippen molar-refractivity contribution in [2.45, 2.75) is 13.0 Å². The van der Waals surface area contributed by atoms with Crippen molar-refractivity contribution in [3.63, 3.8) is 0 Å². The Morgan fingerprint density at radius 1 is 0.967 bits per heavy atom. The third kappa shape index (κ3) is 3.41. The van der Waals surface area contributed by atoms with E-state index in [2.05, 4.69) is 9.97 Å². The van der Waals surface area contributed by atoms with E-state index in [1.54, 1.807) is 60.9 Å². The van der Waals surface area contributed by atoms with Gasteiger partial charge in [-0.1, -0.05) is 0 Å². The second-order valence-corrected chi connectivity index (χ2v) is 6.61. The standard InChI is InChI=1S/C23H19N3O4/c1-2-30-18-5-3-17(4-6-18)26-20(15-7-11-24-12-8-15)19(22(28)23(26)29)21(27)16-9-13-25-14-10-16/h3-14,20,27H,2H2,1H3/b21-19-. The summed E-state index contributed by atoms with van der Waals surface area (Å²) >= 11 is 0. The SMILES string of the molecule is CCOc1ccc(N2C(=O)C(=O)/C(=C(\O)c3ccncc3)C2c2ccncc2)cc1. The number of benzene rings is 1. The first kappa shape index (κ1) is 19.3. The van der Waals surface area contributed by atoms with Crippen molar-refractivity contribution in [1.29, 1.82) is 0 Å². The number of rotatable bonds is 5. The Kier molecular flexibility index (Phi) is 5.26. The van der Waals surface area contributed by atoms with Crippen molar-refractivity contribution in [3.05, 3.63) is 90.0 Å². The van der Waals surface area contributed by atoms with Gasteiger partial charge in [0.1, 0.15) is 11.5 Å². The van der Waals surface area contributed by atoms with Crippen LogP contribution in [0.2, 0.25) is 0 Å². The van der Waals surface area contributed by atoms with Crippen LogP contribution >= 0.6 is 0 Å². The van der Waals surface area contributed by atoms with Crippen molar-refractivity contribution < 1.29 is 19.4 Å². The summed E-state index contributed by atoms with van der Waals surface area (Å²) in [4.78, 5) is 35.4. The number of pyridine rings is 2. The van der Waals surface area contributed by atoms with E-state index >= 15 is 0 Å². The molecule has 4 rings (SSSR count). The van der Waals surface area contributed by atoms with Crippen LogP contribution in [0.1, 0.15) is 24.1 Å². The monoisotopic (exact) mass is 401 g/mol. The summed E-state index contributed by atoms with van der Waals surface area (Å²) in [6.07, 6.45) is 6.19. The van der Waals surface area contributed by atoms with Gasteiger partial charge in [-0.3, -0.25) is 24.5 Å². The lowest BCUT2D eigenvalue weighted by Crippen LogP contribution is -2.29. The van der Waals surface area contributed by atoms with Gasteiger partial charge in [-0.05, 0) is 61.0 Å². The molecule has 3 aromatic rings. The fraction of sp³-hybridized carbons (Fsp3) is 0.130. The molecule has 1 aliphatic heterocycles. The van der Waals surface area contributed by atoms with Crippen molar-refractivity contribution in [2.24, 2.45) is 0 Å². The molecule has 1 fully saturated rings. The van der Waals surface area contributed by atoms with Crippen LogP contribution in [0.5, 0.6) is 5.75 Å². The minimum Gasteiger partial charge on any atom is -0.507 e. The number of aromatic nitrogens is 2. The molecule has 7 nitrogen and oxygen atoms in total. The topological polar surface area (TPSA) is 92.6 Å². The predicted octanol–water partition coefficient (Wildman–Crippen LogP) is 3.50. The van der Waals surface area contributed by atoms with Crippen LogP contribution in [0, 0.1) is 0 Å². The average Bonchev–Trinajstić information content (AvgIpc) is 3.06. The normalized spacial score (nSPS) is 17.9. The van der Waals surface area contributed by atoms with Crippen LogP contribution in [-0.4, -0.2) is 33.4 Å². The van der Waals surface area contributed by atoms with Crippen molar-refractivity contribution in [3.8, 4) is 5.75 Å². The first-order valence-electron chi connectivity index (χ1n) is 9.46. The maximum absolute atomic E-state index is 13.0. The Balaban J connectivity index is 1.87. The van der Waals surface area contributed by atoms with Crippen LogP contribution in [-0.2, 0) is 9.59 Å². The van der Waals surface area contributed by atoms with Crippen LogP contribution < -0.4 is 9.64 Å². The lowest BCUT2D eigenvalue weighted by Gasteiger charge is -2.25. The van der Waals surface area contributed by atoms with E-state index in [9.17, 15) is 14.7 Å². The maximum Gasteiger partial charge on any atom is 0.300 e. The predicted molar refractivity (Wildman–Crippen MR) is 111 cm³/mol. The first-order valence-corrected chi connectivity index (χ1v) is 9.46. The summed E-state index contributed by atoms with van der Waals surface area (Å²) in [7, 11) is 0. The lowest BCUT2D eigenvalue weighted by atomic mass is 9.96. The number of amides is 1. The Morgan fingerprint density at radius 3 is 2.17 bits per heavy atom. The molecule has 0 saturated carbocycles. The highest BCUT2D eigenvalue weighted by Crippen LogP contribution is 2.42. The number of Topliss-reactive ketones (excluding diaryl/α,β-unsaturated/α-hetero) is 1. The fourth-order valence-corrected chi connectivity index (χ4v) is 3.49. The molecule has 1 amide bonds. The summed E-state index contributed by atoms with van der Waals surface area (Å²) in [5, 5.41) is 10.9. The molecule has 1 aromatic carbocycles. The molecule has 150 valence electrons. The van der Waals surface area contributed by atoms with Crippen molar-refractivity contribution >= 4 is 23.1 Å². The molecule has 0 spiro atoms. The molecule has 0 bridgehead atoms. The van der Waals surface area contributed by atoms with Gasteiger partial charge in [0, 0.05) is 36.0 Å². The lowest BCUT2D eigenvalue weighted by molar-refractivity contribution is -0.132. The van der Waals surface area contributed by atoms with Crippen LogP contribution in [0.15, 0.2) is 78.9 Å². The number of carbonyl (C=O) groups is 2. The highest BCUT2D eigenvalue weighted by molar-refractivity contribution is 6.51. The van der Waals surface area contributed by atoms with Crippen LogP contribution in [0.25, 0.3) is 5.76 Å². The number of aliphatic hydroxyl groups is 1.